The zero-order chi connectivity index (χ0) is 18.1. The van der Waals surface area contributed by atoms with Crippen LogP contribution in [-0.2, 0) is 6.42 Å². The van der Waals surface area contributed by atoms with E-state index < -0.39 is 0 Å². The van der Waals surface area contributed by atoms with Crippen LogP contribution in [0.4, 0.5) is 0 Å². The van der Waals surface area contributed by atoms with Crippen molar-refractivity contribution >= 4 is 17.0 Å². The summed E-state index contributed by atoms with van der Waals surface area (Å²) in [6.45, 7) is 0. The van der Waals surface area contributed by atoms with E-state index in [-0.39, 0.29) is 0 Å². The van der Waals surface area contributed by atoms with Crippen LogP contribution in [0.15, 0.2) is 67.0 Å². The van der Waals surface area contributed by atoms with Gasteiger partial charge in [0, 0.05) is 36.1 Å². The molecule has 4 aromatic heterocycles. The highest BCUT2D eigenvalue weighted by molar-refractivity contribution is 7.09. The first-order chi connectivity index (χ1) is 13.4. The van der Waals surface area contributed by atoms with Gasteiger partial charge < -0.3 is 0 Å². The SMILES string of the molecule is c1cc(Cc2nncs2)cc(-c2cnn3cc(-c4ccncn4)cnc23)c1. The minimum absolute atomic E-state index is 0.767. The topological polar surface area (TPSA) is 81.8 Å². The van der Waals surface area contributed by atoms with Gasteiger partial charge in [0.1, 0.15) is 16.8 Å². The molecule has 5 rings (SSSR count). The summed E-state index contributed by atoms with van der Waals surface area (Å²) in [5.41, 5.74) is 7.52. The van der Waals surface area contributed by atoms with Gasteiger partial charge in [0.25, 0.3) is 0 Å². The Morgan fingerprint density at radius 3 is 2.89 bits per heavy atom. The summed E-state index contributed by atoms with van der Waals surface area (Å²) in [7, 11) is 0. The second-order valence-corrected chi connectivity index (χ2v) is 6.89. The lowest BCUT2D eigenvalue weighted by molar-refractivity contribution is 0.939. The van der Waals surface area contributed by atoms with Crippen molar-refractivity contribution in [2.75, 3.05) is 0 Å². The van der Waals surface area contributed by atoms with Gasteiger partial charge in [-0.1, -0.05) is 24.3 Å². The van der Waals surface area contributed by atoms with Crippen LogP contribution in [-0.4, -0.2) is 34.8 Å². The van der Waals surface area contributed by atoms with E-state index in [0.29, 0.717) is 0 Å². The standard InChI is InChI=1S/C19H13N7S/c1-2-13(7-18-25-23-12-27-18)6-14(3-1)16-9-24-26-10-15(8-21-19(16)26)17-4-5-20-11-22-17/h1-6,8-12H,7H2. The molecule has 0 aliphatic heterocycles. The lowest BCUT2D eigenvalue weighted by Crippen LogP contribution is -1.94. The lowest BCUT2D eigenvalue weighted by atomic mass is 10.0. The highest BCUT2D eigenvalue weighted by Crippen LogP contribution is 2.26. The predicted molar refractivity (Wildman–Crippen MR) is 102 cm³/mol. The van der Waals surface area contributed by atoms with Crippen molar-refractivity contribution in [3.05, 3.63) is 77.5 Å². The maximum Gasteiger partial charge on any atom is 0.162 e. The molecule has 0 radical (unpaired) electrons. The van der Waals surface area contributed by atoms with Crippen molar-refractivity contribution in [1.82, 2.24) is 34.8 Å². The highest BCUT2D eigenvalue weighted by Gasteiger charge is 2.11. The average molecular weight is 371 g/mol. The molecule has 8 heteroatoms. The van der Waals surface area contributed by atoms with Gasteiger partial charge in [-0.15, -0.1) is 21.5 Å². The molecule has 0 aliphatic carbocycles. The van der Waals surface area contributed by atoms with Crippen LogP contribution < -0.4 is 0 Å². The van der Waals surface area contributed by atoms with Crippen molar-refractivity contribution < 1.29 is 0 Å². The molecular weight excluding hydrogens is 358 g/mol. The fourth-order valence-corrected chi connectivity index (χ4v) is 3.53. The number of benzene rings is 1. The molecule has 0 N–H and O–H groups in total. The quantitative estimate of drug-likeness (QED) is 0.482. The predicted octanol–water partition coefficient (Wildman–Crippen LogP) is 3.30. The molecule has 0 spiro atoms. The maximum absolute atomic E-state index is 4.62. The maximum atomic E-state index is 4.62. The van der Waals surface area contributed by atoms with Crippen LogP contribution in [0.3, 0.4) is 0 Å². The highest BCUT2D eigenvalue weighted by atomic mass is 32.1. The number of fused-ring (bicyclic) bond motifs is 1. The summed E-state index contributed by atoms with van der Waals surface area (Å²) in [5.74, 6) is 0. The normalized spacial score (nSPS) is 11.1. The summed E-state index contributed by atoms with van der Waals surface area (Å²) in [4.78, 5) is 12.8. The minimum atomic E-state index is 0.767. The van der Waals surface area contributed by atoms with Gasteiger partial charge in [-0.05, 0) is 17.2 Å². The molecule has 0 bridgehead atoms. The number of rotatable bonds is 4. The van der Waals surface area contributed by atoms with Gasteiger partial charge in [-0.2, -0.15) is 5.10 Å². The fourth-order valence-electron chi connectivity index (χ4n) is 2.97. The average Bonchev–Trinajstić information content (AvgIpc) is 3.38. The first-order valence-electron chi connectivity index (χ1n) is 8.31. The number of hydrogen-bond acceptors (Lipinski definition) is 7. The second-order valence-electron chi connectivity index (χ2n) is 5.97. The van der Waals surface area contributed by atoms with E-state index in [9.17, 15) is 0 Å². The van der Waals surface area contributed by atoms with Crippen molar-refractivity contribution in [3.63, 3.8) is 0 Å². The molecule has 5 aromatic rings. The number of hydrogen-bond donors (Lipinski definition) is 0. The van der Waals surface area contributed by atoms with E-state index >= 15 is 0 Å². The van der Waals surface area contributed by atoms with Crippen molar-refractivity contribution in [2.24, 2.45) is 0 Å². The Labute approximate surface area is 158 Å². The Bertz CT molecular complexity index is 1200. The molecule has 0 saturated carbocycles. The Kier molecular flexibility index (Phi) is 3.87. The molecule has 0 saturated heterocycles. The summed E-state index contributed by atoms with van der Waals surface area (Å²) in [6, 6.07) is 10.2. The largest absolute Gasteiger partial charge is 0.245 e. The zero-order valence-electron chi connectivity index (χ0n) is 14.1. The van der Waals surface area contributed by atoms with E-state index in [1.165, 1.54) is 11.9 Å². The zero-order valence-corrected chi connectivity index (χ0v) is 14.9. The van der Waals surface area contributed by atoms with Crippen LogP contribution in [0.5, 0.6) is 0 Å². The van der Waals surface area contributed by atoms with Gasteiger partial charge in [0.05, 0.1) is 11.9 Å². The van der Waals surface area contributed by atoms with Gasteiger partial charge in [-0.25, -0.2) is 19.5 Å². The third-order valence-electron chi connectivity index (χ3n) is 4.23. The summed E-state index contributed by atoms with van der Waals surface area (Å²) in [6.07, 6.45) is 9.59. The molecule has 0 aliphatic rings. The first kappa shape index (κ1) is 15.7. The van der Waals surface area contributed by atoms with Crippen molar-refractivity contribution in [3.8, 4) is 22.4 Å². The molecule has 0 fully saturated rings. The van der Waals surface area contributed by atoms with Crippen LogP contribution in [0.25, 0.3) is 28.0 Å². The van der Waals surface area contributed by atoms with Crippen LogP contribution in [0, 0.1) is 0 Å². The molecule has 130 valence electrons. The Morgan fingerprint density at radius 1 is 1.04 bits per heavy atom. The lowest BCUT2D eigenvalue weighted by Gasteiger charge is -2.04. The Morgan fingerprint density at radius 2 is 2.04 bits per heavy atom. The summed E-state index contributed by atoms with van der Waals surface area (Å²) in [5, 5.41) is 13.5. The molecular formula is C19H13N7S. The summed E-state index contributed by atoms with van der Waals surface area (Å²) >= 11 is 1.56. The van der Waals surface area contributed by atoms with Crippen molar-refractivity contribution in [2.45, 2.75) is 6.42 Å². The fraction of sp³-hybridized carbons (Fsp3) is 0.0526. The van der Waals surface area contributed by atoms with Gasteiger partial charge in [0.15, 0.2) is 5.65 Å². The Balaban J connectivity index is 1.52. The van der Waals surface area contributed by atoms with E-state index in [0.717, 1.165) is 39.5 Å². The van der Waals surface area contributed by atoms with Gasteiger partial charge in [-0.3, -0.25) is 0 Å². The van der Waals surface area contributed by atoms with Crippen LogP contribution in [0.2, 0.25) is 0 Å². The molecule has 0 atom stereocenters. The third kappa shape index (κ3) is 3.06. The molecule has 7 nitrogen and oxygen atoms in total. The second kappa shape index (κ2) is 6.65. The van der Waals surface area contributed by atoms with Gasteiger partial charge in [0.2, 0.25) is 0 Å². The number of aromatic nitrogens is 7. The first-order valence-corrected chi connectivity index (χ1v) is 9.19. The van der Waals surface area contributed by atoms with E-state index in [1.807, 2.05) is 30.7 Å². The molecule has 4 heterocycles. The van der Waals surface area contributed by atoms with Crippen molar-refractivity contribution in [1.29, 1.82) is 0 Å². The van der Waals surface area contributed by atoms with E-state index in [4.69, 9.17) is 0 Å². The smallest absolute Gasteiger partial charge is 0.162 e. The van der Waals surface area contributed by atoms with Crippen LogP contribution in [0.1, 0.15) is 10.6 Å². The molecule has 27 heavy (non-hydrogen) atoms. The summed E-state index contributed by atoms with van der Waals surface area (Å²) < 4.78 is 1.78. The van der Waals surface area contributed by atoms with Gasteiger partial charge >= 0.3 is 0 Å². The van der Waals surface area contributed by atoms with E-state index in [1.54, 1.807) is 27.6 Å². The monoisotopic (exact) mass is 371 g/mol. The van der Waals surface area contributed by atoms with E-state index in [2.05, 4.69) is 48.4 Å². The number of nitrogens with zero attached hydrogens (tertiary/aromatic N) is 7. The Hall–Kier alpha value is -3.52. The minimum Gasteiger partial charge on any atom is -0.245 e. The van der Waals surface area contributed by atoms with Crippen LogP contribution >= 0.6 is 11.3 Å². The molecule has 0 amide bonds. The molecule has 1 aromatic carbocycles. The molecule has 0 unspecified atom stereocenters. The third-order valence-corrected chi connectivity index (χ3v) is 4.93.